The van der Waals surface area contributed by atoms with E-state index in [1.54, 1.807) is 13.3 Å². The molecule has 0 fully saturated rings. The van der Waals surface area contributed by atoms with E-state index in [9.17, 15) is 0 Å². The van der Waals surface area contributed by atoms with Crippen LogP contribution in [0.4, 0.5) is 5.69 Å². The monoisotopic (exact) mass is 159 g/mol. The van der Waals surface area contributed by atoms with Gasteiger partial charge in [0.25, 0.3) is 0 Å². The molecule has 0 spiro atoms. The van der Waals surface area contributed by atoms with Gasteiger partial charge in [0.2, 0.25) is 0 Å². The molecule has 1 rings (SSSR count). The van der Waals surface area contributed by atoms with Gasteiger partial charge in [0.15, 0.2) is 0 Å². The number of rotatable bonds is 2. The highest BCUT2D eigenvalue weighted by atomic mass is 14.6. The standard InChI is InChI=1S/C9H12BN2/c1-10-8-3-4-9(11)7(5-8)6-12-2/h3-6H,11H2,1-2H3. The topological polar surface area (TPSA) is 38.4 Å². The van der Waals surface area contributed by atoms with Crippen molar-refractivity contribution in [3.05, 3.63) is 23.8 Å². The predicted octanol–water partition coefficient (Wildman–Crippen LogP) is 0.695. The molecular weight excluding hydrogens is 147 g/mol. The van der Waals surface area contributed by atoms with E-state index in [0.29, 0.717) is 0 Å². The fraction of sp³-hybridized carbons (Fsp3) is 0.222. The van der Waals surface area contributed by atoms with Gasteiger partial charge in [-0.15, -0.1) is 0 Å². The molecule has 2 N–H and O–H groups in total. The molecule has 0 amide bonds. The van der Waals surface area contributed by atoms with E-state index in [1.165, 1.54) is 5.46 Å². The van der Waals surface area contributed by atoms with Crippen molar-refractivity contribution in [3.8, 4) is 0 Å². The van der Waals surface area contributed by atoms with Crippen molar-refractivity contribution in [2.45, 2.75) is 6.82 Å². The number of nitrogen functional groups attached to an aromatic ring is 1. The van der Waals surface area contributed by atoms with E-state index >= 15 is 0 Å². The Hall–Kier alpha value is -1.25. The molecular formula is C9H12BN2. The molecule has 0 heterocycles. The summed E-state index contributed by atoms with van der Waals surface area (Å²) in [6.45, 7) is 2.00. The maximum absolute atomic E-state index is 5.73. The quantitative estimate of drug-likeness (QED) is 0.385. The predicted molar refractivity (Wildman–Crippen MR) is 55.6 cm³/mol. The fourth-order valence-electron chi connectivity index (χ4n) is 1.02. The van der Waals surface area contributed by atoms with Crippen LogP contribution in [-0.4, -0.2) is 20.5 Å². The molecule has 0 aliphatic rings. The summed E-state index contributed by atoms with van der Waals surface area (Å²) in [5.74, 6) is 0. The van der Waals surface area contributed by atoms with Crippen LogP contribution in [-0.2, 0) is 0 Å². The highest BCUT2D eigenvalue weighted by Crippen LogP contribution is 2.05. The summed E-state index contributed by atoms with van der Waals surface area (Å²) in [5, 5.41) is 0. The number of benzene rings is 1. The summed E-state index contributed by atoms with van der Waals surface area (Å²) in [6.07, 6.45) is 1.77. The van der Waals surface area contributed by atoms with Gasteiger partial charge in [-0.25, -0.2) is 0 Å². The Morgan fingerprint density at radius 2 is 2.25 bits per heavy atom. The lowest BCUT2D eigenvalue weighted by atomic mass is 9.73. The minimum atomic E-state index is 0.770. The molecule has 0 aromatic heterocycles. The third-order valence-electron chi connectivity index (χ3n) is 1.71. The SMILES string of the molecule is C[B]c1ccc(N)c(C=NC)c1. The highest BCUT2D eigenvalue weighted by Gasteiger charge is 1.96. The molecule has 3 heteroatoms. The first-order valence-electron chi connectivity index (χ1n) is 3.89. The van der Waals surface area contributed by atoms with E-state index in [4.69, 9.17) is 5.73 Å². The van der Waals surface area contributed by atoms with Crippen molar-refractivity contribution in [2.24, 2.45) is 4.99 Å². The Balaban J connectivity index is 3.08. The summed E-state index contributed by atoms with van der Waals surface area (Å²) < 4.78 is 0. The molecule has 1 aromatic carbocycles. The Morgan fingerprint density at radius 1 is 1.50 bits per heavy atom. The first kappa shape index (κ1) is 8.85. The van der Waals surface area contributed by atoms with Crippen LogP contribution in [0.2, 0.25) is 6.82 Å². The fourth-order valence-corrected chi connectivity index (χ4v) is 1.02. The molecule has 12 heavy (non-hydrogen) atoms. The van der Waals surface area contributed by atoms with Crippen molar-refractivity contribution < 1.29 is 0 Å². The lowest BCUT2D eigenvalue weighted by Crippen LogP contribution is -2.12. The van der Waals surface area contributed by atoms with E-state index < -0.39 is 0 Å². The summed E-state index contributed by atoms with van der Waals surface area (Å²) in [6, 6.07) is 5.90. The molecule has 0 aliphatic heterocycles. The van der Waals surface area contributed by atoms with Crippen molar-refractivity contribution in [3.63, 3.8) is 0 Å². The molecule has 0 saturated carbocycles. The van der Waals surface area contributed by atoms with Gasteiger partial charge in [-0.3, -0.25) is 4.99 Å². The van der Waals surface area contributed by atoms with Gasteiger partial charge in [-0.05, 0) is 6.07 Å². The van der Waals surface area contributed by atoms with Gasteiger partial charge in [0.05, 0.1) is 0 Å². The first-order chi connectivity index (χ1) is 5.77. The van der Waals surface area contributed by atoms with E-state index in [-0.39, 0.29) is 0 Å². The Bertz CT molecular complexity index is 295. The van der Waals surface area contributed by atoms with Gasteiger partial charge >= 0.3 is 0 Å². The molecule has 0 unspecified atom stereocenters. The van der Waals surface area contributed by atoms with Gasteiger partial charge in [-0.1, -0.05) is 24.4 Å². The number of nitrogens with two attached hydrogens (primary N) is 1. The number of anilines is 1. The Labute approximate surface area is 73.7 Å². The molecule has 1 aromatic rings. The number of hydrogen-bond donors (Lipinski definition) is 1. The van der Waals surface area contributed by atoms with Crippen LogP contribution in [0.25, 0.3) is 0 Å². The van der Waals surface area contributed by atoms with Crippen LogP contribution in [0.15, 0.2) is 23.2 Å². The number of hydrogen-bond acceptors (Lipinski definition) is 2. The second-order valence-electron chi connectivity index (χ2n) is 2.56. The van der Waals surface area contributed by atoms with Crippen LogP contribution in [0.5, 0.6) is 0 Å². The average Bonchev–Trinajstić information content (AvgIpc) is 2.09. The minimum absolute atomic E-state index is 0.770. The normalized spacial score (nSPS) is 10.5. The largest absolute Gasteiger partial charge is 0.398 e. The Kier molecular flexibility index (Phi) is 2.91. The van der Waals surface area contributed by atoms with Gasteiger partial charge < -0.3 is 5.73 Å². The van der Waals surface area contributed by atoms with E-state index in [2.05, 4.69) is 4.99 Å². The van der Waals surface area contributed by atoms with Crippen molar-refractivity contribution in [1.82, 2.24) is 0 Å². The smallest absolute Gasteiger partial charge is 0.148 e. The maximum atomic E-state index is 5.73. The highest BCUT2D eigenvalue weighted by molar-refractivity contribution is 6.52. The van der Waals surface area contributed by atoms with Crippen LogP contribution in [0, 0.1) is 0 Å². The third kappa shape index (κ3) is 1.88. The molecule has 2 nitrogen and oxygen atoms in total. The molecule has 0 bridgehead atoms. The van der Waals surface area contributed by atoms with Crippen molar-refractivity contribution in [2.75, 3.05) is 12.8 Å². The zero-order valence-electron chi connectivity index (χ0n) is 7.41. The van der Waals surface area contributed by atoms with Gasteiger partial charge in [0.1, 0.15) is 7.28 Å². The van der Waals surface area contributed by atoms with Crippen LogP contribution in [0.1, 0.15) is 5.56 Å². The van der Waals surface area contributed by atoms with E-state index in [1.807, 2.05) is 32.3 Å². The molecule has 0 aliphatic carbocycles. The number of nitrogens with zero attached hydrogens (tertiary/aromatic N) is 1. The second-order valence-corrected chi connectivity index (χ2v) is 2.56. The zero-order chi connectivity index (χ0) is 8.97. The Morgan fingerprint density at radius 3 is 2.83 bits per heavy atom. The maximum Gasteiger partial charge on any atom is 0.148 e. The van der Waals surface area contributed by atoms with Crippen LogP contribution < -0.4 is 11.2 Å². The lowest BCUT2D eigenvalue weighted by Gasteiger charge is -2.01. The van der Waals surface area contributed by atoms with Crippen molar-refractivity contribution >= 4 is 24.6 Å². The molecule has 0 saturated heterocycles. The van der Waals surface area contributed by atoms with Crippen LogP contribution >= 0.6 is 0 Å². The summed E-state index contributed by atoms with van der Waals surface area (Å²) in [4.78, 5) is 3.92. The molecule has 0 atom stereocenters. The van der Waals surface area contributed by atoms with Gasteiger partial charge in [-0.2, -0.15) is 0 Å². The first-order valence-corrected chi connectivity index (χ1v) is 3.89. The summed E-state index contributed by atoms with van der Waals surface area (Å²) >= 11 is 0. The molecule has 61 valence electrons. The lowest BCUT2D eigenvalue weighted by molar-refractivity contribution is 1.46. The minimum Gasteiger partial charge on any atom is -0.398 e. The summed E-state index contributed by atoms with van der Waals surface area (Å²) in [7, 11) is 3.77. The molecule has 1 radical (unpaired) electrons. The van der Waals surface area contributed by atoms with Gasteiger partial charge in [0, 0.05) is 24.5 Å². The van der Waals surface area contributed by atoms with E-state index in [0.717, 1.165) is 11.3 Å². The zero-order valence-corrected chi connectivity index (χ0v) is 7.41. The second kappa shape index (κ2) is 3.95. The third-order valence-corrected chi connectivity index (χ3v) is 1.71. The summed E-state index contributed by atoms with van der Waals surface area (Å²) in [5.41, 5.74) is 8.64. The number of aliphatic imine (C=N–C) groups is 1. The van der Waals surface area contributed by atoms with Crippen molar-refractivity contribution in [1.29, 1.82) is 0 Å². The van der Waals surface area contributed by atoms with Crippen LogP contribution in [0.3, 0.4) is 0 Å². The average molecular weight is 159 g/mol.